The van der Waals surface area contributed by atoms with Crippen LogP contribution < -0.4 is 9.62 Å². The first-order valence-electron chi connectivity index (χ1n) is 13.0. The van der Waals surface area contributed by atoms with Gasteiger partial charge in [0.1, 0.15) is 12.6 Å². The first kappa shape index (κ1) is 28.7. The molecule has 1 atom stereocenters. The van der Waals surface area contributed by atoms with Gasteiger partial charge in [-0.05, 0) is 60.9 Å². The van der Waals surface area contributed by atoms with E-state index in [-0.39, 0.29) is 30.5 Å². The van der Waals surface area contributed by atoms with Gasteiger partial charge in [0.2, 0.25) is 21.8 Å². The molecule has 1 aliphatic carbocycles. The Morgan fingerprint density at radius 3 is 2.16 bits per heavy atom. The molecule has 0 heterocycles. The SMILES string of the molecule is Cc1ccccc1CN(C(=O)CN(c1ccc(C(C)(C)C)cc1)S(C)(=O)=O)[C@@H](C)C(=O)NC1CCCC1. The van der Waals surface area contributed by atoms with Crippen molar-refractivity contribution in [3.8, 4) is 0 Å². The Hall–Kier alpha value is -2.87. The average Bonchev–Trinajstić information content (AvgIpc) is 3.33. The highest BCUT2D eigenvalue weighted by Crippen LogP contribution is 2.26. The molecule has 202 valence electrons. The lowest BCUT2D eigenvalue weighted by Gasteiger charge is -2.32. The summed E-state index contributed by atoms with van der Waals surface area (Å²) in [5.74, 6) is -0.642. The first-order valence-corrected chi connectivity index (χ1v) is 14.8. The molecule has 0 spiro atoms. The second-order valence-corrected chi connectivity index (χ2v) is 13.1. The van der Waals surface area contributed by atoms with E-state index in [4.69, 9.17) is 0 Å². The minimum Gasteiger partial charge on any atom is -0.352 e. The van der Waals surface area contributed by atoms with Crippen molar-refractivity contribution >= 4 is 27.5 Å². The summed E-state index contributed by atoms with van der Waals surface area (Å²) in [7, 11) is -3.76. The lowest BCUT2D eigenvalue weighted by Crippen LogP contribution is -2.52. The van der Waals surface area contributed by atoms with Gasteiger partial charge in [0.25, 0.3) is 0 Å². The quantitative estimate of drug-likeness (QED) is 0.519. The van der Waals surface area contributed by atoms with E-state index in [1.54, 1.807) is 19.1 Å². The monoisotopic (exact) mass is 527 g/mol. The van der Waals surface area contributed by atoms with E-state index in [0.29, 0.717) is 5.69 Å². The van der Waals surface area contributed by atoms with Gasteiger partial charge in [-0.25, -0.2) is 8.42 Å². The molecule has 2 aromatic carbocycles. The van der Waals surface area contributed by atoms with Crippen LogP contribution in [-0.2, 0) is 31.6 Å². The van der Waals surface area contributed by atoms with Crippen molar-refractivity contribution in [2.45, 2.75) is 84.3 Å². The van der Waals surface area contributed by atoms with Crippen molar-refractivity contribution in [1.29, 1.82) is 0 Å². The number of hydrogen-bond donors (Lipinski definition) is 1. The van der Waals surface area contributed by atoms with Crippen LogP contribution >= 0.6 is 0 Å². The van der Waals surface area contributed by atoms with Crippen LogP contribution in [0.15, 0.2) is 48.5 Å². The molecule has 1 fully saturated rings. The van der Waals surface area contributed by atoms with Crippen LogP contribution in [0.4, 0.5) is 5.69 Å². The molecule has 1 N–H and O–H groups in total. The summed E-state index contributed by atoms with van der Waals surface area (Å²) >= 11 is 0. The van der Waals surface area contributed by atoms with E-state index in [0.717, 1.165) is 52.9 Å². The summed E-state index contributed by atoms with van der Waals surface area (Å²) in [4.78, 5) is 28.4. The number of amides is 2. The summed E-state index contributed by atoms with van der Waals surface area (Å²) in [6.45, 7) is 9.75. The summed E-state index contributed by atoms with van der Waals surface area (Å²) < 4.78 is 26.7. The van der Waals surface area contributed by atoms with Gasteiger partial charge in [-0.1, -0.05) is 70.0 Å². The van der Waals surface area contributed by atoms with Crippen molar-refractivity contribution in [1.82, 2.24) is 10.2 Å². The summed E-state index contributed by atoms with van der Waals surface area (Å²) in [6, 6.07) is 14.3. The number of anilines is 1. The summed E-state index contributed by atoms with van der Waals surface area (Å²) in [6.07, 6.45) is 5.15. The maximum Gasteiger partial charge on any atom is 0.244 e. The molecule has 0 unspecified atom stereocenters. The fourth-order valence-electron chi connectivity index (χ4n) is 4.69. The van der Waals surface area contributed by atoms with Gasteiger partial charge in [0, 0.05) is 12.6 Å². The Morgan fingerprint density at radius 2 is 1.62 bits per heavy atom. The van der Waals surface area contributed by atoms with Crippen LogP contribution in [-0.4, -0.2) is 50.0 Å². The number of carbonyl (C=O) groups excluding carboxylic acids is 2. The Labute approximate surface area is 222 Å². The highest BCUT2D eigenvalue weighted by atomic mass is 32.2. The van der Waals surface area contributed by atoms with Gasteiger partial charge in [-0.3, -0.25) is 13.9 Å². The van der Waals surface area contributed by atoms with E-state index in [2.05, 4.69) is 26.1 Å². The van der Waals surface area contributed by atoms with Crippen LogP contribution in [0.1, 0.15) is 70.1 Å². The smallest absolute Gasteiger partial charge is 0.244 e. The molecule has 0 aliphatic heterocycles. The van der Waals surface area contributed by atoms with Crippen molar-refractivity contribution in [3.63, 3.8) is 0 Å². The first-order chi connectivity index (χ1) is 17.3. The number of carbonyl (C=O) groups is 2. The van der Waals surface area contributed by atoms with Crippen molar-refractivity contribution in [3.05, 3.63) is 65.2 Å². The van der Waals surface area contributed by atoms with Crippen LogP contribution in [0.3, 0.4) is 0 Å². The van der Waals surface area contributed by atoms with Gasteiger partial charge in [-0.15, -0.1) is 0 Å². The van der Waals surface area contributed by atoms with E-state index >= 15 is 0 Å². The Kier molecular flexibility index (Phi) is 9.05. The van der Waals surface area contributed by atoms with Crippen molar-refractivity contribution in [2.24, 2.45) is 0 Å². The van der Waals surface area contributed by atoms with E-state index < -0.39 is 22.0 Å². The maximum atomic E-state index is 13.7. The maximum absolute atomic E-state index is 13.7. The highest BCUT2D eigenvalue weighted by Gasteiger charge is 2.31. The zero-order valence-corrected chi connectivity index (χ0v) is 23.8. The molecule has 2 aromatic rings. The molecular formula is C29H41N3O4S. The standard InChI is InChI=1S/C29H41N3O4S/c1-21-11-7-8-12-23(21)19-31(22(2)28(34)30-25-13-9-10-14-25)27(33)20-32(37(6,35)36)26-17-15-24(16-18-26)29(3,4)5/h7-8,11-12,15-18,22,25H,9-10,13-14,19-20H2,1-6H3,(H,30,34)/t22-/m0/s1. The largest absolute Gasteiger partial charge is 0.352 e. The zero-order chi connectivity index (χ0) is 27.4. The second-order valence-electron chi connectivity index (χ2n) is 11.2. The number of benzene rings is 2. The predicted molar refractivity (Wildman–Crippen MR) is 149 cm³/mol. The van der Waals surface area contributed by atoms with Gasteiger partial charge in [0.15, 0.2) is 0 Å². The van der Waals surface area contributed by atoms with Crippen LogP contribution in [0.2, 0.25) is 0 Å². The number of hydrogen-bond acceptors (Lipinski definition) is 4. The third-order valence-electron chi connectivity index (χ3n) is 7.17. The minimum absolute atomic E-state index is 0.0866. The van der Waals surface area contributed by atoms with Gasteiger partial charge >= 0.3 is 0 Å². The van der Waals surface area contributed by atoms with Gasteiger partial charge < -0.3 is 10.2 Å². The van der Waals surface area contributed by atoms with Gasteiger partial charge in [0.05, 0.1) is 11.9 Å². The number of sulfonamides is 1. The molecule has 0 bridgehead atoms. The molecule has 2 amide bonds. The lowest BCUT2D eigenvalue weighted by atomic mass is 9.87. The van der Waals surface area contributed by atoms with E-state index in [1.807, 2.05) is 43.3 Å². The third-order valence-corrected chi connectivity index (χ3v) is 8.31. The van der Waals surface area contributed by atoms with E-state index in [9.17, 15) is 18.0 Å². The fourth-order valence-corrected chi connectivity index (χ4v) is 5.54. The number of nitrogens with zero attached hydrogens (tertiary/aromatic N) is 2. The number of aryl methyl sites for hydroxylation is 1. The Bertz CT molecular complexity index is 1200. The van der Waals surface area contributed by atoms with Crippen LogP contribution in [0.5, 0.6) is 0 Å². The number of nitrogens with one attached hydrogen (secondary N) is 1. The summed E-state index contributed by atoms with van der Waals surface area (Å²) in [5.41, 5.74) is 3.31. The minimum atomic E-state index is -3.76. The van der Waals surface area contributed by atoms with Crippen LogP contribution in [0, 0.1) is 6.92 Å². The molecule has 0 saturated heterocycles. The topological polar surface area (TPSA) is 86.8 Å². The van der Waals surface area contributed by atoms with Crippen molar-refractivity contribution < 1.29 is 18.0 Å². The highest BCUT2D eigenvalue weighted by molar-refractivity contribution is 7.92. The van der Waals surface area contributed by atoms with E-state index in [1.165, 1.54) is 4.90 Å². The van der Waals surface area contributed by atoms with Crippen LogP contribution in [0.25, 0.3) is 0 Å². The zero-order valence-electron chi connectivity index (χ0n) is 23.0. The molecule has 1 saturated carbocycles. The lowest BCUT2D eigenvalue weighted by molar-refractivity contribution is -0.139. The molecule has 0 radical (unpaired) electrons. The fraction of sp³-hybridized carbons (Fsp3) is 0.517. The molecule has 3 rings (SSSR count). The molecule has 37 heavy (non-hydrogen) atoms. The molecular weight excluding hydrogens is 486 g/mol. The third kappa shape index (κ3) is 7.57. The number of rotatable bonds is 9. The Balaban J connectivity index is 1.89. The Morgan fingerprint density at radius 1 is 1.03 bits per heavy atom. The molecule has 1 aliphatic rings. The molecule has 8 heteroatoms. The molecule has 7 nitrogen and oxygen atoms in total. The predicted octanol–water partition coefficient (Wildman–Crippen LogP) is 4.53. The van der Waals surface area contributed by atoms with Gasteiger partial charge in [-0.2, -0.15) is 0 Å². The normalized spacial score (nSPS) is 15.3. The summed E-state index contributed by atoms with van der Waals surface area (Å²) in [5, 5.41) is 3.09. The molecule has 0 aromatic heterocycles. The average molecular weight is 528 g/mol. The second kappa shape index (κ2) is 11.7. The van der Waals surface area contributed by atoms with Crippen molar-refractivity contribution in [2.75, 3.05) is 17.1 Å².